The van der Waals surface area contributed by atoms with Crippen molar-refractivity contribution in [3.8, 4) is 11.5 Å². The van der Waals surface area contributed by atoms with Gasteiger partial charge in [0, 0.05) is 17.3 Å². The molecule has 4 aromatic carbocycles. The van der Waals surface area contributed by atoms with Crippen molar-refractivity contribution in [3.63, 3.8) is 0 Å². The Morgan fingerprint density at radius 1 is 0.867 bits per heavy atom. The summed E-state index contributed by atoms with van der Waals surface area (Å²) in [5.41, 5.74) is 2.37. The van der Waals surface area contributed by atoms with Crippen molar-refractivity contribution in [2.75, 3.05) is 19.5 Å². The van der Waals surface area contributed by atoms with E-state index in [9.17, 15) is 4.79 Å². The molecule has 8 heteroatoms. The zero-order valence-electron chi connectivity index (χ0n) is 24.5. The van der Waals surface area contributed by atoms with Crippen LogP contribution in [0.4, 0.5) is 5.69 Å². The highest BCUT2D eigenvalue weighted by atomic mass is 16.5. The summed E-state index contributed by atoms with van der Waals surface area (Å²) in [6.07, 6.45) is 3.76. The Morgan fingerprint density at radius 2 is 1.64 bits per heavy atom. The van der Waals surface area contributed by atoms with Gasteiger partial charge < -0.3 is 24.1 Å². The number of Topliss-reactive ketones (excluding diaryl/α,β-unsaturated/α-hetero) is 2. The summed E-state index contributed by atoms with van der Waals surface area (Å²) in [5.74, 6) is -1.43. The summed E-state index contributed by atoms with van der Waals surface area (Å²) in [6.45, 7) is 0. The van der Waals surface area contributed by atoms with Gasteiger partial charge >= 0.3 is 0 Å². The van der Waals surface area contributed by atoms with Crippen molar-refractivity contribution in [1.82, 2.24) is 4.90 Å². The smallest absolute Gasteiger partial charge is 0.238 e. The first kappa shape index (κ1) is 27.0. The topological polar surface area (TPSA) is 98.1 Å². The molecule has 1 N–H and O–H groups in total. The first-order chi connectivity index (χ1) is 22.0. The van der Waals surface area contributed by atoms with Gasteiger partial charge in [-0.1, -0.05) is 60.7 Å². The Kier molecular flexibility index (Phi) is 5.96. The summed E-state index contributed by atoms with van der Waals surface area (Å²) in [6, 6.07) is 27.5. The van der Waals surface area contributed by atoms with E-state index in [-0.39, 0.29) is 23.0 Å². The maximum atomic E-state index is 15.1. The number of carbonyl (C=O) groups excluding carboxylic acids is 3. The van der Waals surface area contributed by atoms with Crippen molar-refractivity contribution in [2.45, 2.75) is 17.5 Å². The highest BCUT2D eigenvalue weighted by Gasteiger charge is 2.71. The fourth-order valence-corrected chi connectivity index (χ4v) is 7.59. The average Bonchev–Trinajstić information content (AvgIpc) is 3.74. The maximum Gasteiger partial charge on any atom is 0.238 e. The molecule has 0 aliphatic carbocycles. The molecule has 8 rings (SSSR count). The number of methoxy groups -OCH3 is 2. The van der Waals surface area contributed by atoms with Crippen LogP contribution >= 0.6 is 0 Å². The van der Waals surface area contributed by atoms with E-state index in [1.54, 1.807) is 30.3 Å². The Hall–Kier alpha value is -5.63. The maximum absolute atomic E-state index is 15.1. The molecule has 3 aliphatic rings. The van der Waals surface area contributed by atoms with Gasteiger partial charge in [-0.15, -0.1) is 0 Å². The van der Waals surface area contributed by atoms with E-state index >= 15 is 9.59 Å². The number of fused-ring (bicyclic) bond motifs is 7. The highest BCUT2D eigenvalue weighted by Crippen LogP contribution is 2.62. The van der Waals surface area contributed by atoms with Crippen LogP contribution in [-0.2, 0) is 10.2 Å². The lowest BCUT2D eigenvalue weighted by Gasteiger charge is -2.38. The molecule has 4 atom stereocenters. The molecule has 3 aliphatic heterocycles. The van der Waals surface area contributed by atoms with Crippen LogP contribution in [0.1, 0.15) is 43.6 Å². The fourth-order valence-electron chi connectivity index (χ4n) is 7.59. The standard InChI is InChI=1S/C37H28N2O6/c1-43-23-15-16-29(44-2)25(20-23)33(40)32-31(34(41)30-19-22-10-4-8-14-28(22)45-30)37(26-12-6-7-13-27(26)38-36(37)42)35-24-11-5-3-9-21(24)17-18-39(32)35/h3-20,31-32,35H,1-2H3,(H,38,42)/t31-,32+,35+,37+/m1/s1. The quantitative estimate of drug-likeness (QED) is 0.226. The third-order valence-electron chi connectivity index (χ3n) is 9.46. The van der Waals surface area contributed by atoms with Crippen LogP contribution in [0.15, 0.2) is 108 Å². The number of hydrogen-bond acceptors (Lipinski definition) is 7. The lowest BCUT2D eigenvalue weighted by Crippen LogP contribution is -2.49. The molecule has 1 spiro atoms. The van der Waals surface area contributed by atoms with E-state index < -0.39 is 29.2 Å². The molecule has 0 bridgehead atoms. The number of rotatable bonds is 6. The number of ether oxygens (including phenoxy) is 2. The summed E-state index contributed by atoms with van der Waals surface area (Å²) < 4.78 is 17.2. The molecule has 0 saturated carbocycles. The summed E-state index contributed by atoms with van der Waals surface area (Å²) in [5, 5.41) is 3.82. The largest absolute Gasteiger partial charge is 0.497 e. The van der Waals surface area contributed by atoms with E-state index in [0.29, 0.717) is 28.3 Å². The van der Waals surface area contributed by atoms with Gasteiger partial charge in [0.2, 0.25) is 11.7 Å². The molecule has 45 heavy (non-hydrogen) atoms. The Labute approximate surface area is 258 Å². The number of amides is 1. The lowest BCUT2D eigenvalue weighted by molar-refractivity contribution is -0.122. The molecular weight excluding hydrogens is 568 g/mol. The van der Waals surface area contributed by atoms with Gasteiger partial charge in [0.05, 0.1) is 31.7 Å². The molecule has 8 nitrogen and oxygen atoms in total. The third-order valence-corrected chi connectivity index (χ3v) is 9.46. The molecule has 1 amide bonds. The predicted molar refractivity (Wildman–Crippen MR) is 169 cm³/mol. The monoisotopic (exact) mass is 596 g/mol. The minimum Gasteiger partial charge on any atom is -0.497 e. The van der Waals surface area contributed by atoms with Crippen molar-refractivity contribution < 1.29 is 28.3 Å². The summed E-state index contributed by atoms with van der Waals surface area (Å²) in [7, 11) is 3.01. The SMILES string of the molecule is COc1ccc(OC)c(C(=O)[C@@H]2[C@H](C(=O)c3cc4ccccc4o3)[C@]3(C(=O)Nc4ccccc43)[C@@H]3c4ccccc4C=CN23)c1. The van der Waals surface area contributed by atoms with Crippen LogP contribution in [0.25, 0.3) is 17.0 Å². The number of furan rings is 1. The van der Waals surface area contributed by atoms with Crippen molar-refractivity contribution in [3.05, 3.63) is 131 Å². The second kappa shape index (κ2) is 9.95. The number of nitrogens with one attached hydrogen (secondary N) is 1. The molecule has 1 aromatic heterocycles. The van der Waals surface area contributed by atoms with Crippen molar-refractivity contribution >= 4 is 40.2 Å². The number of anilines is 1. The van der Waals surface area contributed by atoms with Crippen LogP contribution in [0, 0.1) is 5.92 Å². The zero-order chi connectivity index (χ0) is 30.9. The first-order valence-corrected chi connectivity index (χ1v) is 14.7. The number of ketones is 2. The van der Waals surface area contributed by atoms with Crippen LogP contribution < -0.4 is 14.8 Å². The van der Waals surface area contributed by atoms with E-state index in [1.165, 1.54) is 14.2 Å². The normalized spacial score (nSPS) is 22.6. The van der Waals surface area contributed by atoms with Crippen LogP contribution in [0.5, 0.6) is 11.5 Å². The minimum absolute atomic E-state index is 0.0882. The Balaban J connectivity index is 1.43. The molecule has 0 radical (unpaired) electrons. The minimum atomic E-state index is -1.47. The van der Waals surface area contributed by atoms with Crippen molar-refractivity contribution in [1.29, 1.82) is 0 Å². The fraction of sp³-hybridized carbons (Fsp3) is 0.162. The number of carbonyl (C=O) groups is 3. The molecule has 4 heterocycles. The third kappa shape index (κ3) is 3.68. The molecular formula is C37H28N2O6. The molecule has 0 unspecified atom stereocenters. The predicted octanol–water partition coefficient (Wildman–Crippen LogP) is 6.43. The zero-order valence-corrected chi connectivity index (χ0v) is 24.5. The average molecular weight is 597 g/mol. The van der Waals surface area contributed by atoms with Gasteiger partial charge in [-0.3, -0.25) is 14.4 Å². The second-order valence-corrected chi connectivity index (χ2v) is 11.5. The van der Waals surface area contributed by atoms with Crippen LogP contribution in [0.2, 0.25) is 0 Å². The molecule has 1 fully saturated rings. The number of benzene rings is 4. The van der Waals surface area contributed by atoms with Gasteiger partial charge in [-0.05, 0) is 59.2 Å². The number of para-hydroxylation sites is 2. The number of nitrogens with zero attached hydrogens (tertiary/aromatic N) is 1. The van der Waals surface area contributed by atoms with E-state index in [4.69, 9.17) is 13.9 Å². The molecule has 222 valence electrons. The highest BCUT2D eigenvalue weighted by molar-refractivity contribution is 6.17. The van der Waals surface area contributed by atoms with Gasteiger partial charge in [0.15, 0.2) is 11.5 Å². The summed E-state index contributed by atoms with van der Waals surface area (Å²) in [4.78, 5) is 46.6. The van der Waals surface area contributed by atoms with E-state index in [0.717, 1.165) is 16.5 Å². The van der Waals surface area contributed by atoms with Gasteiger partial charge in [0.1, 0.15) is 28.5 Å². The van der Waals surface area contributed by atoms with Gasteiger partial charge in [-0.25, -0.2) is 0 Å². The van der Waals surface area contributed by atoms with Crippen molar-refractivity contribution in [2.24, 2.45) is 5.92 Å². The molecule has 1 saturated heterocycles. The van der Waals surface area contributed by atoms with E-state index in [2.05, 4.69) is 5.32 Å². The number of hydrogen-bond donors (Lipinski definition) is 1. The van der Waals surface area contributed by atoms with Gasteiger partial charge in [0.25, 0.3) is 0 Å². The summed E-state index contributed by atoms with van der Waals surface area (Å²) >= 11 is 0. The second-order valence-electron chi connectivity index (χ2n) is 11.5. The Bertz CT molecular complexity index is 2050. The Morgan fingerprint density at radius 3 is 2.47 bits per heavy atom. The first-order valence-electron chi connectivity index (χ1n) is 14.7. The molecule has 5 aromatic rings. The van der Waals surface area contributed by atoms with Crippen LogP contribution in [-0.4, -0.2) is 42.6 Å². The van der Waals surface area contributed by atoms with E-state index in [1.807, 2.05) is 83.9 Å². The lowest BCUT2D eigenvalue weighted by atomic mass is 9.63. The van der Waals surface area contributed by atoms with Crippen LogP contribution in [0.3, 0.4) is 0 Å². The van der Waals surface area contributed by atoms with Gasteiger partial charge in [-0.2, -0.15) is 0 Å².